The molecule has 0 unspecified atom stereocenters. The molecular weight excluding hydrogens is 352 g/mol. The van der Waals surface area contributed by atoms with E-state index in [1.165, 1.54) is 42.4 Å². The van der Waals surface area contributed by atoms with E-state index in [9.17, 15) is 5.11 Å². The second-order valence-corrected chi connectivity index (χ2v) is 11.4. The average Bonchev–Trinajstić information content (AvgIpc) is 3.03. The Bertz CT molecular complexity index is 776. The van der Waals surface area contributed by atoms with Crippen LogP contribution in [0, 0.1) is 34.5 Å². The molecule has 4 aliphatic carbocycles. The molecule has 1 N–H and O–H groups in total. The molecule has 0 saturated heterocycles. The quantitative estimate of drug-likeness (QED) is 0.495. The van der Waals surface area contributed by atoms with Gasteiger partial charge in [0.2, 0.25) is 0 Å². The molecule has 160 valence electrons. The lowest BCUT2D eigenvalue weighted by Gasteiger charge is -2.55. The first kappa shape index (κ1) is 21.2. The highest BCUT2D eigenvalue weighted by molar-refractivity contribution is 5.39. The minimum Gasteiger partial charge on any atom is -0.393 e. The molecule has 1 heteroatoms. The summed E-state index contributed by atoms with van der Waals surface area (Å²) in [4.78, 5) is 0. The number of aliphatic hydroxyl groups excluding tert-OH is 1. The van der Waals surface area contributed by atoms with Crippen LogP contribution in [0.5, 0.6) is 0 Å². The largest absolute Gasteiger partial charge is 0.393 e. The maximum Gasteiger partial charge on any atom is 0.0578 e. The van der Waals surface area contributed by atoms with Gasteiger partial charge in [0.15, 0.2) is 0 Å². The fourth-order valence-electron chi connectivity index (χ4n) is 7.48. The number of allylic oxidation sites excluding steroid dienone is 7. The monoisotopic (exact) mass is 394 g/mol. The highest BCUT2D eigenvalue weighted by atomic mass is 16.3. The molecule has 7 atom stereocenters. The van der Waals surface area contributed by atoms with Crippen LogP contribution in [0.3, 0.4) is 0 Å². The van der Waals surface area contributed by atoms with Gasteiger partial charge in [0, 0.05) is 0 Å². The summed E-state index contributed by atoms with van der Waals surface area (Å²) in [7, 11) is 0. The van der Waals surface area contributed by atoms with Gasteiger partial charge in [0.25, 0.3) is 0 Å². The van der Waals surface area contributed by atoms with Gasteiger partial charge >= 0.3 is 0 Å². The minimum atomic E-state index is -0.120. The van der Waals surface area contributed by atoms with Gasteiger partial charge in [0.05, 0.1) is 6.10 Å². The van der Waals surface area contributed by atoms with Crippen molar-refractivity contribution >= 4 is 0 Å². The van der Waals surface area contributed by atoms with Gasteiger partial charge in [-0.25, -0.2) is 0 Å². The summed E-state index contributed by atoms with van der Waals surface area (Å²) < 4.78 is 0. The zero-order valence-electron chi connectivity index (χ0n) is 19.6. The van der Waals surface area contributed by atoms with Crippen molar-refractivity contribution in [3.63, 3.8) is 0 Å². The third-order valence-corrected chi connectivity index (χ3v) is 9.69. The summed E-state index contributed by atoms with van der Waals surface area (Å²) >= 11 is 0. The van der Waals surface area contributed by atoms with E-state index in [4.69, 9.17) is 0 Å². The first-order valence-electron chi connectivity index (χ1n) is 12.1. The van der Waals surface area contributed by atoms with Crippen LogP contribution < -0.4 is 0 Å². The summed E-state index contributed by atoms with van der Waals surface area (Å²) in [5.41, 5.74) is 6.87. The lowest BCUT2D eigenvalue weighted by Crippen LogP contribution is -2.46. The fraction of sp³-hybridized carbons (Fsp3) is 0.714. The van der Waals surface area contributed by atoms with Crippen LogP contribution in [0.4, 0.5) is 0 Å². The summed E-state index contributed by atoms with van der Waals surface area (Å²) in [6.45, 7) is 14.2. The molecule has 0 heterocycles. The van der Waals surface area contributed by atoms with Crippen LogP contribution in [0.15, 0.2) is 46.6 Å². The molecule has 0 bridgehead atoms. The zero-order valence-corrected chi connectivity index (χ0v) is 19.6. The van der Waals surface area contributed by atoms with E-state index in [-0.39, 0.29) is 6.10 Å². The van der Waals surface area contributed by atoms with Crippen LogP contribution in [0.1, 0.15) is 86.5 Å². The Hall–Kier alpha value is -1.08. The Morgan fingerprint density at radius 1 is 1.03 bits per heavy atom. The first-order valence-corrected chi connectivity index (χ1v) is 12.1. The standard InChI is InChI=1S/C28H42O/c1-18(2)19(3)7-8-20(4)24-11-12-25-23-10-9-21-17-22(29)13-15-27(21,5)26(23)14-16-28(24,25)6/h7-10,20,22,24-26,29H,11-17H2,1-6H3/t20-,22+,24-,25+,26+,27+,28-/m1/s1. The third-order valence-electron chi connectivity index (χ3n) is 9.69. The molecule has 0 aromatic carbocycles. The minimum absolute atomic E-state index is 0.120. The Morgan fingerprint density at radius 2 is 1.79 bits per heavy atom. The molecule has 0 spiro atoms. The Kier molecular flexibility index (Phi) is 5.52. The van der Waals surface area contributed by atoms with Gasteiger partial charge in [-0.05, 0) is 100 Å². The second kappa shape index (κ2) is 7.56. The highest BCUT2D eigenvalue weighted by Crippen LogP contribution is 2.65. The summed E-state index contributed by atoms with van der Waals surface area (Å²) in [5, 5.41) is 10.2. The van der Waals surface area contributed by atoms with Crippen LogP contribution in [0.2, 0.25) is 0 Å². The van der Waals surface area contributed by atoms with Crippen molar-refractivity contribution in [2.45, 2.75) is 92.6 Å². The van der Waals surface area contributed by atoms with Crippen LogP contribution >= 0.6 is 0 Å². The van der Waals surface area contributed by atoms with Gasteiger partial charge in [-0.3, -0.25) is 0 Å². The Morgan fingerprint density at radius 3 is 2.52 bits per heavy atom. The molecule has 0 aromatic rings. The van der Waals surface area contributed by atoms with Crippen LogP contribution in [-0.4, -0.2) is 11.2 Å². The van der Waals surface area contributed by atoms with E-state index in [0.717, 1.165) is 31.1 Å². The molecular formula is C28H42O. The van der Waals surface area contributed by atoms with Crippen molar-refractivity contribution in [1.82, 2.24) is 0 Å². The van der Waals surface area contributed by atoms with Crippen molar-refractivity contribution < 1.29 is 5.11 Å². The van der Waals surface area contributed by atoms with Crippen molar-refractivity contribution in [3.8, 4) is 0 Å². The van der Waals surface area contributed by atoms with E-state index in [2.05, 4.69) is 65.8 Å². The summed E-state index contributed by atoms with van der Waals surface area (Å²) in [6, 6.07) is 0. The molecule has 4 aliphatic rings. The molecule has 4 rings (SSSR count). The maximum absolute atomic E-state index is 10.2. The molecule has 0 aliphatic heterocycles. The van der Waals surface area contributed by atoms with Crippen molar-refractivity contribution in [3.05, 3.63) is 46.6 Å². The number of aliphatic hydroxyl groups is 1. The lowest BCUT2D eigenvalue weighted by molar-refractivity contribution is 0.0383. The van der Waals surface area contributed by atoms with Crippen molar-refractivity contribution in [2.75, 3.05) is 0 Å². The third kappa shape index (κ3) is 3.42. The summed E-state index contributed by atoms with van der Waals surface area (Å²) in [5.74, 6) is 2.91. The smallest absolute Gasteiger partial charge is 0.0578 e. The van der Waals surface area contributed by atoms with Gasteiger partial charge < -0.3 is 5.11 Å². The molecule has 29 heavy (non-hydrogen) atoms. The second-order valence-electron chi connectivity index (χ2n) is 11.4. The van der Waals surface area contributed by atoms with Gasteiger partial charge in [0.1, 0.15) is 0 Å². The molecule has 3 saturated carbocycles. The van der Waals surface area contributed by atoms with Gasteiger partial charge in [-0.15, -0.1) is 0 Å². The van der Waals surface area contributed by atoms with Crippen molar-refractivity contribution in [2.24, 2.45) is 34.5 Å². The molecule has 3 fully saturated rings. The molecule has 0 radical (unpaired) electrons. The van der Waals surface area contributed by atoms with Gasteiger partial charge in [-0.2, -0.15) is 0 Å². The first-order chi connectivity index (χ1) is 13.7. The molecule has 0 aromatic heterocycles. The number of fused-ring (bicyclic) bond motifs is 5. The van der Waals surface area contributed by atoms with E-state index < -0.39 is 0 Å². The van der Waals surface area contributed by atoms with Gasteiger partial charge in [-0.1, -0.05) is 67.4 Å². The number of rotatable bonds is 3. The lowest BCUT2D eigenvalue weighted by atomic mass is 9.50. The van der Waals surface area contributed by atoms with Crippen LogP contribution in [-0.2, 0) is 0 Å². The van der Waals surface area contributed by atoms with E-state index in [1.54, 1.807) is 5.57 Å². The number of hydrogen-bond donors (Lipinski definition) is 1. The van der Waals surface area contributed by atoms with E-state index in [0.29, 0.717) is 22.7 Å². The predicted octanol–water partition coefficient (Wildman–Crippen LogP) is 7.40. The Balaban J connectivity index is 1.59. The topological polar surface area (TPSA) is 20.2 Å². The molecule has 0 amide bonds. The molecule has 1 nitrogen and oxygen atoms in total. The van der Waals surface area contributed by atoms with E-state index >= 15 is 0 Å². The maximum atomic E-state index is 10.2. The highest BCUT2D eigenvalue weighted by Gasteiger charge is 2.56. The average molecular weight is 395 g/mol. The zero-order chi connectivity index (χ0) is 21.0. The van der Waals surface area contributed by atoms with Crippen LogP contribution in [0.25, 0.3) is 0 Å². The number of hydrogen-bond acceptors (Lipinski definition) is 1. The fourth-order valence-corrected chi connectivity index (χ4v) is 7.48. The van der Waals surface area contributed by atoms with Crippen molar-refractivity contribution in [1.29, 1.82) is 0 Å². The predicted molar refractivity (Wildman–Crippen MR) is 124 cm³/mol. The normalized spacial score (nSPS) is 42.4. The Labute approximate surface area is 179 Å². The SMILES string of the molecule is CC(C)=C(C)C=C[C@@H](C)[C@H]1CC[C@H]2C3=CC=C4C[C@@H](O)CC[C@]4(C)[C@H]3CC[C@]12C. The summed E-state index contributed by atoms with van der Waals surface area (Å²) in [6.07, 6.45) is 18.1. The van der Waals surface area contributed by atoms with E-state index in [1.807, 2.05) is 0 Å².